The van der Waals surface area contributed by atoms with E-state index in [9.17, 15) is 18.0 Å². The molecule has 0 saturated carbocycles. The Hall–Kier alpha value is -2.87. The van der Waals surface area contributed by atoms with E-state index < -0.39 is 10.0 Å². The summed E-state index contributed by atoms with van der Waals surface area (Å²) in [6.07, 6.45) is 3.14. The molecule has 32 heavy (non-hydrogen) atoms. The lowest BCUT2D eigenvalue weighted by Gasteiger charge is -2.25. The van der Waals surface area contributed by atoms with Crippen molar-refractivity contribution in [3.8, 4) is 0 Å². The minimum Gasteiger partial charge on any atom is -0.326 e. The number of carbonyl (C=O) groups is 2. The van der Waals surface area contributed by atoms with Gasteiger partial charge in [-0.2, -0.15) is 0 Å². The summed E-state index contributed by atoms with van der Waals surface area (Å²) in [6, 6.07) is 11.1. The highest BCUT2D eigenvalue weighted by atomic mass is 32.2. The Bertz CT molecular complexity index is 1130. The van der Waals surface area contributed by atoms with Crippen molar-refractivity contribution in [2.45, 2.75) is 46.5 Å². The van der Waals surface area contributed by atoms with Crippen LogP contribution in [0.4, 0.5) is 17.1 Å². The lowest BCUT2D eigenvalue weighted by molar-refractivity contribution is -0.117. The van der Waals surface area contributed by atoms with E-state index in [4.69, 9.17) is 0 Å². The molecule has 2 aromatic carbocycles. The molecule has 1 aliphatic rings. The van der Waals surface area contributed by atoms with E-state index in [1.165, 1.54) is 10.6 Å². The third-order valence-corrected chi connectivity index (χ3v) is 7.05. The first-order valence-electron chi connectivity index (χ1n) is 10.8. The van der Waals surface area contributed by atoms with Gasteiger partial charge in [0.25, 0.3) is 0 Å². The molecule has 0 radical (unpaired) electrons. The predicted octanol–water partition coefficient (Wildman–Crippen LogP) is 3.92. The van der Waals surface area contributed by atoms with Gasteiger partial charge in [-0.3, -0.25) is 13.9 Å². The Morgan fingerprint density at radius 2 is 1.88 bits per heavy atom. The highest BCUT2D eigenvalue weighted by molar-refractivity contribution is 7.92. The zero-order valence-corrected chi connectivity index (χ0v) is 20.0. The molecule has 2 amide bonds. The molecule has 1 aliphatic heterocycles. The van der Waals surface area contributed by atoms with Gasteiger partial charge in [0.1, 0.15) is 0 Å². The van der Waals surface area contributed by atoms with E-state index >= 15 is 0 Å². The van der Waals surface area contributed by atoms with Crippen LogP contribution in [0.5, 0.6) is 0 Å². The molecule has 8 heteroatoms. The number of sulfonamides is 1. The van der Waals surface area contributed by atoms with Crippen LogP contribution in [0.15, 0.2) is 36.4 Å². The van der Waals surface area contributed by atoms with Gasteiger partial charge < -0.3 is 10.2 Å². The van der Waals surface area contributed by atoms with E-state index in [2.05, 4.69) is 5.32 Å². The van der Waals surface area contributed by atoms with E-state index in [1.807, 2.05) is 51.1 Å². The summed E-state index contributed by atoms with van der Waals surface area (Å²) in [5, 5.41) is 2.88. The average molecular weight is 458 g/mol. The minimum absolute atomic E-state index is 0.101. The van der Waals surface area contributed by atoms with E-state index in [0.717, 1.165) is 28.8 Å². The number of benzene rings is 2. The molecule has 1 heterocycles. The zero-order chi connectivity index (χ0) is 23.5. The summed E-state index contributed by atoms with van der Waals surface area (Å²) in [4.78, 5) is 26.4. The van der Waals surface area contributed by atoms with Crippen LogP contribution in [0.1, 0.15) is 42.4 Å². The average Bonchev–Trinajstić information content (AvgIpc) is 3.14. The van der Waals surface area contributed by atoms with Crippen LogP contribution in [0.2, 0.25) is 0 Å². The first-order valence-corrected chi connectivity index (χ1v) is 12.7. The molecule has 0 spiro atoms. The number of nitrogens with one attached hydrogen (secondary N) is 1. The SMILES string of the molecule is Cc1ccc(NC(=O)CCCN(c2cccc(C)c2C)S(C)(=O)=O)cc1N1CCCC1=O. The molecule has 3 rings (SSSR count). The van der Waals surface area contributed by atoms with Crippen LogP contribution >= 0.6 is 0 Å². The number of rotatable bonds is 8. The number of amides is 2. The lowest BCUT2D eigenvalue weighted by Crippen LogP contribution is -2.32. The maximum atomic E-state index is 12.5. The molecule has 0 atom stereocenters. The minimum atomic E-state index is -3.47. The Labute approximate surface area is 190 Å². The predicted molar refractivity (Wildman–Crippen MR) is 129 cm³/mol. The molecular formula is C24H31N3O4S. The number of hydrogen-bond donors (Lipinski definition) is 1. The van der Waals surface area contributed by atoms with E-state index in [-0.39, 0.29) is 24.8 Å². The van der Waals surface area contributed by atoms with Gasteiger partial charge in [0, 0.05) is 37.3 Å². The third kappa shape index (κ3) is 5.48. The molecule has 1 N–H and O–H groups in total. The molecular weight excluding hydrogens is 426 g/mol. The fourth-order valence-corrected chi connectivity index (χ4v) is 4.97. The fourth-order valence-electron chi connectivity index (χ4n) is 3.96. The molecule has 172 valence electrons. The van der Waals surface area contributed by atoms with E-state index in [1.54, 1.807) is 11.0 Å². The standard InChI is InChI=1S/C24H31N3O4S/c1-17-8-5-9-21(19(17)3)27(32(4,30)31)15-6-10-23(28)25-20-13-12-18(2)22(16-20)26-14-7-11-24(26)29/h5,8-9,12-13,16H,6-7,10-11,14-15H2,1-4H3,(H,25,28). The van der Waals surface area contributed by atoms with Crippen LogP contribution in [0, 0.1) is 20.8 Å². The molecule has 0 aromatic heterocycles. The molecule has 7 nitrogen and oxygen atoms in total. The summed E-state index contributed by atoms with van der Waals surface area (Å²) in [6.45, 7) is 6.70. The molecule has 0 aliphatic carbocycles. The topological polar surface area (TPSA) is 86.8 Å². The van der Waals surface area contributed by atoms with Gasteiger partial charge >= 0.3 is 0 Å². The number of hydrogen-bond acceptors (Lipinski definition) is 4. The lowest BCUT2D eigenvalue weighted by atomic mass is 10.1. The molecule has 1 fully saturated rings. The van der Waals surface area contributed by atoms with Crippen molar-refractivity contribution in [2.24, 2.45) is 0 Å². The number of carbonyl (C=O) groups excluding carboxylic acids is 2. The summed E-state index contributed by atoms with van der Waals surface area (Å²) < 4.78 is 26.1. The van der Waals surface area contributed by atoms with Crippen LogP contribution in [-0.2, 0) is 19.6 Å². The number of anilines is 3. The summed E-state index contributed by atoms with van der Waals surface area (Å²) in [5.41, 5.74) is 5.00. The Morgan fingerprint density at radius 1 is 1.12 bits per heavy atom. The van der Waals surface area contributed by atoms with Gasteiger partial charge in [0.2, 0.25) is 21.8 Å². The van der Waals surface area contributed by atoms with Crippen molar-refractivity contribution in [3.63, 3.8) is 0 Å². The second-order valence-electron chi connectivity index (χ2n) is 8.36. The smallest absolute Gasteiger partial charge is 0.232 e. The Kier molecular flexibility index (Phi) is 7.23. The molecule has 0 bridgehead atoms. The van der Waals surface area contributed by atoms with Crippen molar-refractivity contribution in [2.75, 3.05) is 33.9 Å². The van der Waals surface area contributed by atoms with Gasteiger partial charge in [0.15, 0.2) is 0 Å². The van der Waals surface area contributed by atoms with Crippen molar-refractivity contribution in [3.05, 3.63) is 53.1 Å². The van der Waals surface area contributed by atoms with Gasteiger partial charge in [0.05, 0.1) is 11.9 Å². The normalized spacial score (nSPS) is 14.0. The first-order chi connectivity index (χ1) is 15.1. The number of nitrogens with zero attached hydrogens (tertiary/aromatic N) is 2. The van der Waals surface area contributed by atoms with E-state index in [0.29, 0.717) is 30.8 Å². The number of aryl methyl sites for hydroxylation is 2. The largest absolute Gasteiger partial charge is 0.326 e. The van der Waals surface area contributed by atoms with Crippen molar-refractivity contribution < 1.29 is 18.0 Å². The van der Waals surface area contributed by atoms with Crippen LogP contribution in [0.3, 0.4) is 0 Å². The highest BCUT2D eigenvalue weighted by Crippen LogP contribution is 2.28. The van der Waals surface area contributed by atoms with Crippen LogP contribution < -0.4 is 14.5 Å². The highest BCUT2D eigenvalue weighted by Gasteiger charge is 2.23. The fraction of sp³-hybridized carbons (Fsp3) is 0.417. The Morgan fingerprint density at radius 3 is 2.53 bits per heavy atom. The van der Waals surface area contributed by atoms with Gasteiger partial charge in [-0.05, 0) is 68.5 Å². The maximum absolute atomic E-state index is 12.5. The van der Waals surface area contributed by atoms with Crippen LogP contribution in [-0.4, -0.2) is 39.6 Å². The van der Waals surface area contributed by atoms with Crippen molar-refractivity contribution in [1.82, 2.24) is 0 Å². The second kappa shape index (κ2) is 9.73. The zero-order valence-electron chi connectivity index (χ0n) is 19.1. The molecule has 0 unspecified atom stereocenters. The van der Waals surface area contributed by atoms with Crippen molar-refractivity contribution in [1.29, 1.82) is 0 Å². The summed E-state index contributed by atoms with van der Waals surface area (Å²) in [7, 11) is -3.47. The molecule has 2 aromatic rings. The summed E-state index contributed by atoms with van der Waals surface area (Å²) >= 11 is 0. The quantitative estimate of drug-likeness (QED) is 0.651. The van der Waals surface area contributed by atoms with Crippen LogP contribution in [0.25, 0.3) is 0 Å². The maximum Gasteiger partial charge on any atom is 0.232 e. The van der Waals surface area contributed by atoms with Crippen molar-refractivity contribution >= 4 is 38.9 Å². The summed E-state index contributed by atoms with van der Waals surface area (Å²) in [5.74, 6) is -0.0918. The van der Waals surface area contributed by atoms with Gasteiger partial charge in [-0.25, -0.2) is 8.42 Å². The third-order valence-electron chi connectivity index (χ3n) is 5.87. The molecule has 1 saturated heterocycles. The monoisotopic (exact) mass is 457 g/mol. The van der Waals surface area contributed by atoms with Gasteiger partial charge in [-0.15, -0.1) is 0 Å². The second-order valence-corrected chi connectivity index (χ2v) is 10.3. The first kappa shape index (κ1) is 23.8. The van der Waals surface area contributed by atoms with Gasteiger partial charge in [-0.1, -0.05) is 18.2 Å². The Balaban J connectivity index is 1.64.